The highest BCUT2D eigenvalue weighted by Crippen LogP contribution is 2.22. The number of nitro groups is 1. The lowest BCUT2D eigenvalue weighted by molar-refractivity contribution is -0.529. The average molecular weight is 195 g/mol. The van der Waals surface area contributed by atoms with Crippen LogP contribution in [0.25, 0.3) is 0 Å². The molecule has 1 rings (SSSR count). The van der Waals surface area contributed by atoms with Crippen molar-refractivity contribution in [2.45, 2.75) is 19.4 Å². The van der Waals surface area contributed by atoms with Gasteiger partial charge in [-0.05, 0) is 24.3 Å². The fourth-order valence-electron chi connectivity index (χ4n) is 1.33. The fourth-order valence-corrected chi connectivity index (χ4v) is 1.33. The first kappa shape index (κ1) is 10.5. The summed E-state index contributed by atoms with van der Waals surface area (Å²) >= 11 is 0. The molecule has 0 aliphatic rings. The van der Waals surface area contributed by atoms with Crippen LogP contribution in [0.3, 0.4) is 0 Å². The minimum atomic E-state index is -0.610. The quantitative estimate of drug-likeness (QED) is 0.547. The van der Waals surface area contributed by atoms with Gasteiger partial charge in [-0.2, -0.15) is 0 Å². The third-order valence-electron chi connectivity index (χ3n) is 2.14. The molecule has 0 saturated carbocycles. The zero-order chi connectivity index (χ0) is 10.6. The van der Waals surface area contributed by atoms with Gasteiger partial charge in [-0.15, -0.1) is 0 Å². The molecule has 14 heavy (non-hydrogen) atoms. The lowest BCUT2D eigenvalue weighted by Gasteiger charge is -2.07. The molecular formula is C10H13NO3. The molecule has 0 spiro atoms. The molecule has 0 aliphatic carbocycles. The lowest BCUT2D eigenvalue weighted by atomic mass is 10.1. The molecule has 4 nitrogen and oxygen atoms in total. The lowest BCUT2D eigenvalue weighted by Crippen LogP contribution is -2.08. The molecule has 0 aromatic heterocycles. The van der Waals surface area contributed by atoms with Gasteiger partial charge in [0, 0.05) is 16.9 Å². The van der Waals surface area contributed by atoms with E-state index in [1.165, 1.54) is 0 Å². The smallest absolute Gasteiger partial charge is 0.237 e. The van der Waals surface area contributed by atoms with Crippen LogP contribution in [0.5, 0.6) is 5.75 Å². The van der Waals surface area contributed by atoms with Gasteiger partial charge in [-0.3, -0.25) is 10.1 Å². The number of hydrogen-bond acceptors (Lipinski definition) is 3. The number of hydrogen-bond donors (Lipinski definition) is 0. The topological polar surface area (TPSA) is 52.4 Å². The third-order valence-corrected chi connectivity index (χ3v) is 2.14. The third kappa shape index (κ3) is 2.22. The Hall–Kier alpha value is -1.58. The molecule has 0 radical (unpaired) electrons. The summed E-state index contributed by atoms with van der Waals surface area (Å²) in [4.78, 5) is 10.4. The Morgan fingerprint density at radius 1 is 1.43 bits per heavy atom. The standard InChI is InChI=1S/C10H13NO3/c1-3-10(11(12)13)8-4-6-9(14-2)7-5-8/h4-7,10H,3H2,1-2H3. The summed E-state index contributed by atoms with van der Waals surface area (Å²) < 4.78 is 4.97. The molecule has 0 aliphatic heterocycles. The Balaban J connectivity index is 2.89. The van der Waals surface area contributed by atoms with Gasteiger partial charge in [0.25, 0.3) is 0 Å². The van der Waals surface area contributed by atoms with Crippen molar-refractivity contribution in [1.29, 1.82) is 0 Å². The number of benzene rings is 1. The van der Waals surface area contributed by atoms with Gasteiger partial charge in [-0.1, -0.05) is 6.92 Å². The summed E-state index contributed by atoms with van der Waals surface area (Å²) in [5, 5.41) is 10.7. The summed E-state index contributed by atoms with van der Waals surface area (Å²) in [6, 6.07) is 6.33. The van der Waals surface area contributed by atoms with E-state index in [4.69, 9.17) is 4.74 Å². The van der Waals surface area contributed by atoms with Gasteiger partial charge in [0.1, 0.15) is 5.75 Å². The van der Waals surface area contributed by atoms with E-state index in [1.807, 2.05) is 0 Å². The monoisotopic (exact) mass is 195 g/mol. The van der Waals surface area contributed by atoms with E-state index in [9.17, 15) is 10.1 Å². The predicted molar refractivity (Wildman–Crippen MR) is 53.0 cm³/mol. The van der Waals surface area contributed by atoms with Crippen molar-refractivity contribution in [2.24, 2.45) is 0 Å². The minimum absolute atomic E-state index is 0.262. The molecule has 0 N–H and O–H groups in total. The SMILES string of the molecule is CCC(c1ccc(OC)cc1)[N+](=O)[O-]. The van der Waals surface area contributed by atoms with E-state index in [0.29, 0.717) is 12.2 Å². The molecule has 1 unspecified atom stereocenters. The largest absolute Gasteiger partial charge is 0.497 e. The van der Waals surface area contributed by atoms with Crippen LogP contribution in [0, 0.1) is 10.1 Å². The Bertz CT molecular complexity index is 308. The Labute approximate surface area is 82.7 Å². The van der Waals surface area contributed by atoms with Gasteiger partial charge >= 0.3 is 0 Å². The van der Waals surface area contributed by atoms with E-state index < -0.39 is 6.04 Å². The highest BCUT2D eigenvalue weighted by atomic mass is 16.6. The summed E-state index contributed by atoms with van der Waals surface area (Å²) in [7, 11) is 1.57. The highest BCUT2D eigenvalue weighted by Gasteiger charge is 2.19. The van der Waals surface area contributed by atoms with Gasteiger partial charge in [0.15, 0.2) is 0 Å². The Kier molecular flexibility index (Phi) is 3.45. The maximum Gasteiger partial charge on any atom is 0.237 e. The molecule has 76 valence electrons. The summed E-state index contributed by atoms with van der Waals surface area (Å²) in [6.45, 7) is 1.80. The van der Waals surface area contributed by atoms with Crippen LogP contribution in [0.15, 0.2) is 24.3 Å². The number of ether oxygens (including phenoxy) is 1. The first-order valence-electron chi connectivity index (χ1n) is 4.46. The molecule has 1 aromatic rings. The fraction of sp³-hybridized carbons (Fsp3) is 0.400. The average Bonchev–Trinajstić information content (AvgIpc) is 2.19. The molecule has 0 fully saturated rings. The Morgan fingerprint density at radius 2 is 2.00 bits per heavy atom. The van der Waals surface area contributed by atoms with Crippen molar-refractivity contribution in [3.63, 3.8) is 0 Å². The molecule has 0 heterocycles. The van der Waals surface area contributed by atoms with Gasteiger partial charge < -0.3 is 4.74 Å². The summed E-state index contributed by atoms with van der Waals surface area (Å²) in [5.74, 6) is 0.715. The maximum atomic E-state index is 10.7. The Morgan fingerprint density at radius 3 is 2.36 bits per heavy atom. The molecule has 0 amide bonds. The van der Waals surface area contributed by atoms with Crippen molar-refractivity contribution in [1.82, 2.24) is 0 Å². The van der Waals surface area contributed by atoms with Crippen LogP contribution in [0.4, 0.5) is 0 Å². The highest BCUT2D eigenvalue weighted by molar-refractivity contribution is 5.28. The van der Waals surface area contributed by atoms with Crippen LogP contribution in [-0.2, 0) is 0 Å². The van der Waals surface area contributed by atoms with Crippen molar-refractivity contribution in [3.05, 3.63) is 39.9 Å². The molecule has 0 bridgehead atoms. The second kappa shape index (κ2) is 4.60. The number of rotatable bonds is 4. The summed E-state index contributed by atoms with van der Waals surface area (Å²) in [5.41, 5.74) is 0.721. The molecule has 4 heteroatoms. The zero-order valence-electron chi connectivity index (χ0n) is 8.27. The second-order valence-electron chi connectivity index (χ2n) is 2.98. The summed E-state index contributed by atoms with van der Waals surface area (Å²) in [6.07, 6.45) is 0.499. The van der Waals surface area contributed by atoms with Crippen molar-refractivity contribution >= 4 is 0 Å². The first-order valence-corrected chi connectivity index (χ1v) is 4.46. The molecule has 0 saturated heterocycles. The number of methoxy groups -OCH3 is 1. The van der Waals surface area contributed by atoms with Crippen LogP contribution in [0.1, 0.15) is 24.9 Å². The predicted octanol–water partition coefficient (Wildman–Crippen LogP) is 2.42. The second-order valence-corrected chi connectivity index (χ2v) is 2.98. The van der Waals surface area contributed by atoms with Crippen molar-refractivity contribution in [3.8, 4) is 5.75 Å². The van der Waals surface area contributed by atoms with Crippen molar-refractivity contribution in [2.75, 3.05) is 7.11 Å². The van der Waals surface area contributed by atoms with E-state index in [0.717, 1.165) is 5.56 Å². The van der Waals surface area contributed by atoms with E-state index in [1.54, 1.807) is 38.3 Å². The molecular weight excluding hydrogens is 182 g/mol. The van der Waals surface area contributed by atoms with Crippen molar-refractivity contribution < 1.29 is 9.66 Å². The van der Waals surface area contributed by atoms with Gasteiger partial charge in [-0.25, -0.2) is 0 Å². The van der Waals surface area contributed by atoms with Crippen LogP contribution < -0.4 is 4.74 Å². The zero-order valence-corrected chi connectivity index (χ0v) is 8.27. The minimum Gasteiger partial charge on any atom is -0.497 e. The van der Waals surface area contributed by atoms with Crippen LogP contribution in [0.2, 0.25) is 0 Å². The molecule has 1 atom stereocenters. The van der Waals surface area contributed by atoms with Crippen LogP contribution >= 0.6 is 0 Å². The molecule has 1 aromatic carbocycles. The van der Waals surface area contributed by atoms with Gasteiger partial charge in [0.05, 0.1) is 7.11 Å². The maximum absolute atomic E-state index is 10.7. The van der Waals surface area contributed by atoms with Crippen LogP contribution in [-0.4, -0.2) is 12.0 Å². The first-order chi connectivity index (χ1) is 6.69. The number of nitrogens with zero attached hydrogens (tertiary/aromatic N) is 1. The van der Waals surface area contributed by atoms with Gasteiger partial charge in [0.2, 0.25) is 6.04 Å². The van der Waals surface area contributed by atoms with E-state index >= 15 is 0 Å². The van der Waals surface area contributed by atoms with E-state index in [2.05, 4.69) is 0 Å². The normalized spacial score (nSPS) is 12.1. The van der Waals surface area contributed by atoms with E-state index in [-0.39, 0.29) is 4.92 Å².